The van der Waals surface area contributed by atoms with Crippen LogP contribution in [0.4, 0.5) is 0 Å². The van der Waals surface area contributed by atoms with E-state index in [9.17, 15) is 9.59 Å². The van der Waals surface area contributed by atoms with Gasteiger partial charge < -0.3 is 9.88 Å². The lowest BCUT2D eigenvalue weighted by Gasteiger charge is -2.26. The smallest absolute Gasteiger partial charge is 0.261 e. The molecule has 0 saturated carbocycles. The third-order valence-electron chi connectivity index (χ3n) is 3.96. The molecule has 4 heteroatoms. The third-order valence-corrected chi connectivity index (χ3v) is 3.96. The third kappa shape index (κ3) is 1.96. The van der Waals surface area contributed by atoms with Crippen molar-refractivity contribution in [1.29, 1.82) is 0 Å². The number of hydrogen-bond donors (Lipinski definition) is 1. The van der Waals surface area contributed by atoms with Crippen molar-refractivity contribution in [1.82, 2.24) is 9.88 Å². The van der Waals surface area contributed by atoms with Crippen LogP contribution in [0.15, 0.2) is 10.9 Å². The Labute approximate surface area is 106 Å². The summed E-state index contributed by atoms with van der Waals surface area (Å²) in [5.41, 5.74) is 2.29. The van der Waals surface area contributed by atoms with Gasteiger partial charge in [-0.25, -0.2) is 0 Å². The molecule has 0 radical (unpaired) electrons. The average molecular weight is 246 g/mol. The summed E-state index contributed by atoms with van der Waals surface area (Å²) in [7, 11) is 0. The highest BCUT2D eigenvalue weighted by atomic mass is 16.2. The highest BCUT2D eigenvalue weighted by Crippen LogP contribution is 2.20. The van der Waals surface area contributed by atoms with Crippen LogP contribution in [0.25, 0.3) is 0 Å². The number of aromatic nitrogens is 1. The minimum Gasteiger partial charge on any atom is -0.338 e. The number of pyridine rings is 1. The van der Waals surface area contributed by atoms with E-state index in [0.717, 1.165) is 56.5 Å². The zero-order valence-electron chi connectivity index (χ0n) is 10.5. The molecule has 1 aliphatic carbocycles. The number of H-pyrrole nitrogens is 1. The van der Waals surface area contributed by atoms with E-state index in [1.165, 1.54) is 6.42 Å². The number of nitrogens with one attached hydrogen (secondary N) is 1. The number of rotatable bonds is 1. The van der Waals surface area contributed by atoms with Gasteiger partial charge in [-0.3, -0.25) is 9.59 Å². The number of piperidine rings is 1. The van der Waals surface area contributed by atoms with Gasteiger partial charge in [0.2, 0.25) is 0 Å². The maximum atomic E-state index is 12.3. The van der Waals surface area contributed by atoms with Gasteiger partial charge in [0.15, 0.2) is 0 Å². The molecule has 96 valence electrons. The van der Waals surface area contributed by atoms with Gasteiger partial charge in [-0.2, -0.15) is 0 Å². The average Bonchev–Trinajstić information content (AvgIpc) is 2.85. The molecule has 0 atom stereocenters. The van der Waals surface area contributed by atoms with Crippen LogP contribution in [0.3, 0.4) is 0 Å². The molecule has 1 saturated heterocycles. The lowest BCUT2D eigenvalue weighted by atomic mass is 10.1. The molecule has 0 unspecified atom stereocenters. The van der Waals surface area contributed by atoms with E-state index in [4.69, 9.17) is 0 Å². The molecule has 0 spiro atoms. The number of likely N-dealkylation sites (tertiary alicyclic amines) is 1. The van der Waals surface area contributed by atoms with Crippen molar-refractivity contribution in [3.8, 4) is 0 Å². The van der Waals surface area contributed by atoms with E-state index in [0.29, 0.717) is 5.56 Å². The van der Waals surface area contributed by atoms with E-state index in [2.05, 4.69) is 4.98 Å². The Kier molecular flexibility index (Phi) is 2.94. The van der Waals surface area contributed by atoms with Gasteiger partial charge in [0, 0.05) is 18.8 Å². The van der Waals surface area contributed by atoms with Gasteiger partial charge in [0.05, 0.1) is 0 Å². The van der Waals surface area contributed by atoms with Crippen LogP contribution in [0, 0.1) is 0 Å². The zero-order valence-corrected chi connectivity index (χ0v) is 10.5. The second-order valence-corrected chi connectivity index (χ2v) is 5.22. The number of carbonyl (C=O) groups excluding carboxylic acids is 1. The first-order valence-electron chi connectivity index (χ1n) is 6.80. The summed E-state index contributed by atoms with van der Waals surface area (Å²) < 4.78 is 0. The topological polar surface area (TPSA) is 53.2 Å². The minimum atomic E-state index is -0.216. The van der Waals surface area contributed by atoms with Crippen molar-refractivity contribution >= 4 is 5.91 Å². The highest BCUT2D eigenvalue weighted by molar-refractivity contribution is 5.94. The fourth-order valence-corrected chi connectivity index (χ4v) is 2.94. The Bertz CT molecular complexity index is 527. The second-order valence-electron chi connectivity index (χ2n) is 5.22. The summed E-state index contributed by atoms with van der Waals surface area (Å²) in [5, 5.41) is 0. The molecule has 4 nitrogen and oxygen atoms in total. The molecular weight excluding hydrogens is 228 g/mol. The van der Waals surface area contributed by atoms with Crippen LogP contribution in [0.2, 0.25) is 0 Å². The van der Waals surface area contributed by atoms with E-state index in [1.54, 1.807) is 0 Å². The predicted octanol–water partition coefficient (Wildman–Crippen LogP) is 1.49. The summed E-state index contributed by atoms with van der Waals surface area (Å²) in [6.07, 6.45) is 6.27. The molecule has 0 bridgehead atoms. The number of nitrogens with zero attached hydrogens (tertiary/aromatic N) is 1. The maximum Gasteiger partial charge on any atom is 0.261 e. The summed E-state index contributed by atoms with van der Waals surface area (Å²) >= 11 is 0. The number of carbonyl (C=O) groups is 1. The van der Waals surface area contributed by atoms with E-state index in [1.807, 2.05) is 11.0 Å². The number of amides is 1. The summed E-state index contributed by atoms with van der Waals surface area (Å²) in [6, 6.07) is 1.82. The first-order chi connectivity index (χ1) is 8.75. The van der Waals surface area contributed by atoms with Crippen molar-refractivity contribution in [2.75, 3.05) is 13.1 Å². The Balaban J connectivity index is 1.91. The molecule has 1 fully saturated rings. The van der Waals surface area contributed by atoms with Crippen molar-refractivity contribution in [2.24, 2.45) is 0 Å². The monoisotopic (exact) mass is 246 g/mol. The quantitative estimate of drug-likeness (QED) is 0.816. The standard InChI is InChI=1S/C14H18N2O2/c17-13-11(9-10-5-4-6-12(10)15-13)14(18)16-7-2-1-3-8-16/h9H,1-8H2,(H,15,17). The van der Waals surface area contributed by atoms with E-state index < -0.39 is 0 Å². The summed E-state index contributed by atoms with van der Waals surface area (Å²) in [5.74, 6) is -0.0920. The molecule has 0 aromatic carbocycles. The Morgan fingerprint density at radius 1 is 1.11 bits per heavy atom. The first-order valence-corrected chi connectivity index (χ1v) is 6.80. The van der Waals surface area contributed by atoms with E-state index >= 15 is 0 Å². The van der Waals surface area contributed by atoms with Crippen LogP contribution in [0.5, 0.6) is 0 Å². The largest absolute Gasteiger partial charge is 0.338 e. The van der Waals surface area contributed by atoms with Gasteiger partial charge in [-0.05, 0) is 50.2 Å². The summed E-state index contributed by atoms with van der Waals surface area (Å²) in [4.78, 5) is 29.0. The molecule has 1 amide bonds. The molecule has 1 aromatic rings. The van der Waals surface area contributed by atoms with Crippen LogP contribution < -0.4 is 5.56 Å². The molecule has 1 aliphatic heterocycles. The number of aryl methyl sites for hydroxylation is 2. The van der Waals surface area contributed by atoms with Crippen LogP contribution in [-0.4, -0.2) is 28.9 Å². The predicted molar refractivity (Wildman–Crippen MR) is 68.8 cm³/mol. The molecule has 1 aromatic heterocycles. The normalized spacial score (nSPS) is 18.8. The number of aromatic amines is 1. The van der Waals surface area contributed by atoms with Gasteiger partial charge in [0.1, 0.15) is 5.56 Å². The molecule has 2 heterocycles. The van der Waals surface area contributed by atoms with Crippen LogP contribution >= 0.6 is 0 Å². The van der Waals surface area contributed by atoms with Crippen LogP contribution in [-0.2, 0) is 12.8 Å². The van der Waals surface area contributed by atoms with Crippen molar-refractivity contribution in [3.63, 3.8) is 0 Å². The maximum absolute atomic E-state index is 12.3. The molecule has 18 heavy (non-hydrogen) atoms. The van der Waals surface area contributed by atoms with Crippen molar-refractivity contribution in [3.05, 3.63) is 33.2 Å². The van der Waals surface area contributed by atoms with E-state index in [-0.39, 0.29) is 11.5 Å². The minimum absolute atomic E-state index is 0.0920. The molecule has 2 aliphatic rings. The molecule has 1 N–H and O–H groups in total. The lowest BCUT2D eigenvalue weighted by molar-refractivity contribution is 0.0722. The fraction of sp³-hybridized carbons (Fsp3) is 0.571. The molecular formula is C14H18N2O2. The lowest BCUT2D eigenvalue weighted by Crippen LogP contribution is -2.38. The SMILES string of the molecule is O=C(c1cc2c([nH]c1=O)CCC2)N1CCCCC1. The second kappa shape index (κ2) is 4.59. The Morgan fingerprint density at radius 3 is 2.67 bits per heavy atom. The Hall–Kier alpha value is -1.58. The van der Waals surface area contributed by atoms with Gasteiger partial charge >= 0.3 is 0 Å². The number of hydrogen-bond acceptors (Lipinski definition) is 2. The van der Waals surface area contributed by atoms with Gasteiger partial charge in [0.25, 0.3) is 11.5 Å². The van der Waals surface area contributed by atoms with Crippen molar-refractivity contribution in [2.45, 2.75) is 38.5 Å². The fourth-order valence-electron chi connectivity index (χ4n) is 2.94. The van der Waals surface area contributed by atoms with Gasteiger partial charge in [-0.1, -0.05) is 0 Å². The van der Waals surface area contributed by atoms with Crippen molar-refractivity contribution < 1.29 is 4.79 Å². The zero-order chi connectivity index (χ0) is 12.5. The first kappa shape index (κ1) is 11.5. The number of fused-ring (bicyclic) bond motifs is 1. The highest BCUT2D eigenvalue weighted by Gasteiger charge is 2.23. The Morgan fingerprint density at radius 2 is 1.89 bits per heavy atom. The summed E-state index contributed by atoms with van der Waals surface area (Å²) in [6.45, 7) is 1.57. The van der Waals surface area contributed by atoms with Crippen LogP contribution in [0.1, 0.15) is 47.3 Å². The molecule has 3 rings (SSSR count). The van der Waals surface area contributed by atoms with Gasteiger partial charge in [-0.15, -0.1) is 0 Å².